The number of hydrogen-bond acceptors (Lipinski definition) is 3. The van der Waals surface area contributed by atoms with Crippen LogP contribution in [0.4, 0.5) is 0 Å². The van der Waals surface area contributed by atoms with Crippen molar-refractivity contribution in [3.05, 3.63) is 20.8 Å². The predicted octanol–water partition coefficient (Wildman–Crippen LogP) is 2.84. The van der Waals surface area contributed by atoms with Gasteiger partial charge in [-0.05, 0) is 34.8 Å². The van der Waals surface area contributed by atoms with Gasteiger partial charge in [0.05, 0.1) is 10.8 Å². The van der Waals surface area contributed by atoms with E-state index >= 15 is 0 Å². The van der Waals surface area contributed by atoms with Crippen LogP contribution in [0, 0.1) is 5.92 Å². The van der Waals surface area contributed by atoms with Crippen LogP contribution in [0.15, 0.2) is 15.9 Å². The van der Waals surface area contributed by atoms with Crippen LogP contribution in [0.2, 0.25) is 0 Å². The van der Waals surface area contributed by atoms with E-state index < -0.39 is 11.9 Å². The normalized spacial score (nSPS) is 16.3. The molecule has 1 aliphatic carbocycles. The van der Waals surface area contributed by atoms with Crippen molar-refractivity contribution in [3.8, 4) is 0 Å². The Morgan fingerprint density at radius 3 is 2.72 bits per heavy atom. The number of carboxylic acids is 1. The van der Waals surface area contributed by atoms with Gasteiger partial charge in [0.15, 0.2) is 0 Å². The topological polar surface area (TPSA) is 57.6 Å². The molecule has 1 saturated carbocycles. The van der Waals surface area contributed by atoms with E-state index in [1.54, 1.807) is 17.9 Å². The van der Waals surface area contributed by atoms with Crippen molar-refractivity contribution in [2.45, 2.75) is 25.8 Å². The van der Waals surface area contributed by atoms with Gasteiger partial charge in [-0.1, -0.05) is 6.92 Å². The molecule has 0 radical (unpaired) electrons. The molecule has 98 valence electrons. The van der Waals surface area contributed by atoms with Gasteiger partial charge in [0.1, 0.15) is 0 Å². The molecule has 1 aliphatic rings. The lowest BCUT2D eigenvalue weighted by molar-refractivity contribution is -0.141. The Morgan fingerprint density at radius 2 is 2.28 bits per heavy atom. The van der Waals surface area contributed by atoms with Crippen LogP contribution in [0.5, 0.6) is 0 Å². The number of carbonyl (C=O) groups is 2. The third-order valence-electron chi connectivity index (χ3n) is 2.92. The van der Waals surface area contributed by atoms with Gasteiger partial charge < -0.3 is 10.0 Å². The minimum Gasteiger partial charge on any atom is -0.481 e. The van der Waals surface area contributed by atoms with Crippen molar-refractivity contribution in [3.63, 3.8) is 0 Å². The van der Waals surface area contributed by atoms with E-state index in [4.69, 9.17) is 5.11 Å². The first kappa shape index (κ1) is 13.5. The molecule has 0 aromatic carbocycles. The third-order valence-corrected chi connectivity index (χ3v) is 4.60. The van der Waals surface area contributed by atoms with Crippen LogP contribution in [0.3, 0.4) is 0 Å². The van der Waals surface area contributed by atoms with Crippen molar-refractivity contribution in [2.75, 3.05) is 6.54 Å². The smallest absolute Gasteiger partial charge is 0.308 e. The lowest BCUT2D eigenvalue weighted by atomic mass is 10.1. The van der Waals surface area contributed by atoms with Gasteiger partial charge >= 0.3 is 5.97 Å². The second kappa shape index (κ2) is 5.40. The summed E-state index contributed by atoms with van der Waals surface area (Å²) in [7, 11) is 0. The summed E-state index contributed by atoms with van der Waals surface area (Å²) < 4.78 is 0.887. The van der Waals surface area contributed by atoms with Gasteiger partial charge in [0.2, 0.25) is 0 Å². The lowest BCUT2D eigenvalue weighted by Crippen LogP contribution is -2.38. The maximum Gasteiger partial charge on any atom is 0.308 e. The first-order valence-corrected chi connectivity index (χ1v) is 7.44. The average Bonchev–Trinajstić information content (AvgIpc) is 3.07. The zero-order valence-electron chi connectivity index (χ0n) is 9.93. The summed E-state index contributed by atoms with van der Waals surface area (Å²) >= 11 is 4.70. The predicted molar refractivity (Wildman–Crippen MR) is 72.9 cm³/mol. The Bertz CT molecular complexity index is 470. The monoisotopic (exact) mass is 331 g/mol. The summed E-state index contributed by atoms with van der Waals surface area (Å²) in [4.78, 5) is 25.6. The molecular weight excluding hydrogens is 318 g/mol. The van der Waals surface area contributed by atoms with Gasteiger partial charge in [-0.25, -0.2) is 0 Å². The summed E-state index contributed by atoms with van der Waals surface area (Å²) in [5, 5.41) is 10.8. The molecule has 6 heteroatoms. The molecule has 1 unspecified atom stereocenters. The highest BCUT2D eigenvalue weighted by Crippen LogP contribution is 2.31. The maximum atomic E-state index is 12.3. The molecule has 1 N–H and O–H groups in total. The molecule has 0 saturated heterocycles. The minimum atomic E-state index is -0.860. The van der Waals surface area contributed by atoms with Crippen LogP contribution in [0.25, 0.3) is 0 Å². The van der Waals surface area contributed by atoms with Crippen LogP contribution >= 0.6 is 27.3 Å². The Morgan fingerprint density at radius 1 is 1.61 bits per heavy atom. The summed E-state index contributed by atoms with van der Waals surface area (Å²) in [6.45, 7) is 1.92. The van der Waals surface area contributed by atoms with Crippen LogP contribution in [-0.2, 0) is 4.79 Å². The van der Waals surface area contributed by atoms with E-state index in [9.17, 15) is 9.59 Å². The summed E-state index contributed by atoms with van der Waals surface area (Å²) in [6.07, 6.45) is 1.95. The number of nitrogens with zero attached hydrogens (tertiary/aromatic N) is 1. The molecule has 0 spiro atoms. The fourth-order valence-electron chi connectivity index (χ4n) is 1.72. The van der Waals surface area contributed by atoms with Gasteiger partial charge in [0.25, 0.3) is 5.91 Å². The number of amides is 1. The number of carboxylic acid groups (broad SMARTS) is 1. The van der Waals surface area contributed by atoms with Crippen LogP contribution < -0.4 is 0 Å². The quantitative estimate of drug-likeness (QED) is 0.902. The summed E-state index contributed by atoms with van der Waals surface area (Å²) in [6, 6.07) is 2.01. The molecule has 1 atom stereocenters. The molecule has 2 rings (SSSR count). The van der Waals surface area contributed by atoms with Crippen molar-refractivity contribution in [1.82, 2.24) is 4.90 Å². The van der Waals surface area contributed by atoms with Crippen molar-refractivity contribution < 1.29 is 14.7 Å². The molecule has 1 aromatic rings. The highest BCUT2D eigenvalue weighted by molar-refractivity contribution is 9.10. The molecule has 4 nitrogen and oxygen atoms in total. The van der Waals surface area contributed by atoms with E-state index in [0.717, 1.165) is 17.3 Å². The Hall–Kier alpha value is -0.880. The number of aliphatic carboxylic acids is 1. The number of rotatable bonds is 5. The SMILES string of the molecule is CC(CN(C(=O)c1cc(Br)cs1)C1CC1)C(=O)O. The largest absolute Gasteiger partial charge is 0.481 e. The lowest BCUT2D eigenvalue weighted by Gasteiger charge is -2.23. The Labute approximate surface area is 118 Å². The molecule has 1 amide bonds. The molecular formula is C12H14BrNO3S. The van der Waals surface area contributed by atoms with Crippen LogP contribution in [-0.4, -0.2) is 34.5 Å². The zero-order valence-corrected chi connectivity index (χ0v) is 12.3. The van der Waals surface area contributed by atoms with Gasteiger partial charge in [0, 0.05) is 22.4 Å². The molecule has 1 heterocycles. The second-order valence-electron chi connectivity index (χ2n) is 4.56. The van der Waals surface area contributed by atoms with Crippen molar-refractivity contribution >= 4 is 39.1 Å². The second-order valence-corrected chi connectivity index (χ2v) is 6.38. The number of carbonyl (C=O) groups excluding carboxylic acids is 1. The van der Waals surface area contributed by atoms with E-state index in [0.29, 0.717) is 4.88 Å². The number of thiophene rings is 1. The molecule has 0 aliphatic heterocycles. The first-order chi connectivity index (χ1) is 8.49. The average molecular weight is 332 g/mol. The maximum absolute atomic E-state index is 12.3. The first-order valence-electron chi connectivity index (χ1n) is 5.77. The standard InChI is InChI=1S/C12H14BrNO3S/c1-7(12(16)17)5-14(9-2-3-9)11(15)10-4-8(13)6-18-10/h4,6-7,9H,2-3,5H2,1H3,(H,16,17). The summed E-state index contributed by atoms with van der Waals surface area (Å²) in [5.74, 6) is -1.44. The van der Waals surface area contributed by atoms with E-state index in [-0.39, 0.29) is 18.5 Å². The van der Waals surface area contributed by atoms with Crippen LogP contribution in [0.1, 0.15) is 29.4 Å². The molecule has 18 heavy (non-hydrogen) atoms. The highest BCUT2D eigenvalue weighted by atomic mass is 79.9. The summed E-state index contributed by atoms with van der Waals surface area (Å²) in [5.41, 5.74) is 0. The van der Waals surface area contributed by atoms with Crippen molar-refractivity contribution in [1.29, 1.82) is 0 Å². The van der Waals surface area contributed by atoms with Gasteiger partial charge in [-0.3, -0.25) is 9.59 Å². The molecule has 1 aromatic heterocycles. The zero-order chi connectivity index (χ0) is 13.3. The van der Waals surface area contributed by atoms with Gasteiger partial charge in [-0.2, -0.15) is 0 Å². The Kier molecular flexibility index (Phi) is 4.07. The van der Waals surface area contributed by atoms with E-state index in [2.05, 4.69) is 15.9 Å². The van der Waals surface area contributed by atoms with E-state index in [1.165, 1.54) is 11.3 Å². The van der Waals surface area contributed by atoms with Crippen molar-refractivity contribution in [2.24, 2.45) is 5.92 Å². The third kappa shape index (κ3) is 3.11. The Balaban J connectivity index is 2.10. The fraction of sp³-hybridized carbons (Fsp3) is 0.500. The highest BCUT2D eigenvalue weighted by Gasteiger charge is 2.35. The van der Waals surface area contributed by atoms with E-state index in [1.807, 2.05) is 5.38 Å². The minimum absolute atomic E-state index is 0.0544. The molecule has 0 bridgehead atoms. The molecule has 1 fully saturated rings. The van der Waals surface area contributed by atoms with Gasteiger partial charge in [-0.15, -0.1) is 11.3 Å². The number of halogens is 1. The number of hydrogen-bond donors (Lipinski definition) is 1. The fourth-order valence-corrected chi connectivity index (χ4v) is 3.11.